The molecule has 1 aliphatic carbocycles. The lowest BCUT2D eigenvalue weighted by Gasteiger charge is -2.26. The van der Waals surface area contributed by atoms with Gasteiger partial charge in [0.15, 0.2) is 23.1 Å². The Balaban J connectivity index is 0.664. The molecule has 4 aromatic carbocycles. The van der Waals surface area contributed by atoms with Crippen molar-refractivity contribution in [1.82, 2.24) is 30.5 Å². The van der Waals surface area contributed by atoms with Gasteiger partial charge in [-0.25, -0.2) is 13.8 Å². The second-order valence-electron chi connectivity index (χ2n) is 20.4. The molecule has 3 aromatic heterocycles. The van der Waals surface area contributed by atoms with Crippen molar-refractivity contribution in [3.63, 3.8) is 0 Å². The molecular formula is C62H68F2N10O9. The molecule has 4 amide bonds. The van der Waals surface area contributed by atoms with Gasteiger partial charge in [-0.05, 0) is 117 Å². The smallest absolute Gasteiger partial charge is 0.269 e. The number of anilines is 4. The number of morpholine rings is 1. The van der Waals surface area contributed by atoms with E-state index >= 15 is 4.39 Å². The van der Waals surface area contributed by atoms with Crippen LogP contribution in [0.25, 0.3) is 33.2 Å². The van der Waals surface area contributed by atoms with Crippen LogP contribution in [0.1, 0.15) is 74.3 Å². The predicted molar refractivity (Wildman–Crippen MR) is 313 cm³/mol. The van der Waals surface area contributed by atoms with Gasteiger partial charge in [0.05, 0.1) is 38.1 Å². The number of hydrogen-bond donors (Lipinski definition) is 7. The number of pyridine rings is 3. The number of nitrogens with one attached hydrogen (secondary N) is 5. The van der Waals surface area contributed by atoms with Gasteiger partial charge < -0.3 is 56.4 Å². The topological polar surface area (TPSA) is 254 Å². The fourth-order valence-electron chi connectivity index (χ4n) is 9.81. The number of aromatic nitrogens is 3. The largest absolute Gasteiger partial charge is 0.508 e. The number of phenols is 1. The molecule has 0 spiro atoms. The molecule has 21 heteroatoms. The van der Waals surface area contributed by atoms with E-state index < -0.39 is 28.9 Å². The van der Waals surface area contributed by atoms with E-state index in [1.807, 2.05) is 13.0 Å². The average molecular weight is 1140 g/mol. The summed E-state index contributed by atoms with van der Waals surface area (Å²) in [6.07, 6.45) is 9.66. The van der Waals surface area contributed by atoms with Crippen molar-refractivity contribution >= 4 is 57.4 Å². The third-order valence-corrected chi connectivity index (χ3v) is 14.6. The van der Waals surface area contributed by atoms with Crippen LogP contribution in [0.4, 0.5) is 31.7 Å². The molecule has 0 unspecified atom stereocenters. The van der Waals surface area contributed by atoms with Crippen molar-refractivity contribution in [1.29, 1.82) is 0 Å². The molecule has 0 radical (unpaired) electrons. The van der Waals surface area contributed by atoms with Crippen molar-refractivity contribution < 1.29 is 52.0 Å². The first-order valence-electron chi connectivity index (χ1n) is 27.9. The number of carbonyl (C=O) groups is 4. The van der Waals surface area contributed by atoms with Crippen molar-refractivity contribution in [3.8, 4) is 51.0 Å². The monoisotopic (exact) mass is 1130 g/mol. The molecule has 4 heterocycles. The van der Waals surface area contributed by atoms with Crippen LogP contribution in [-0.2, 0) is 25.5 Å². The van der Waals surface area contributed by atoms with E-state index in [1.54, 1.807) is 67.1 Å². The highest BCUT2D eigenvalue weighted by molar-refractivity contribution is 6.17. The minimum Gasteiger partial charge on any atom is -0.508 e. The maximum atomic E-state index is 15.6. The Hall–Kier alpha value is -8.95. The van der Waals surface area contributed by atoms with Gasteiger partial charge >= 0.3 is 0 Å². The number of nitrogens with zero attached hydrogens (tertiary/aromatic N) is 4. The lowest BCUT2D eigenvalue weighted by molar-refractivity contribution is -0.131. The number of halogens is 2. The number of nitrogen functional groups attached to an aromatic ring is 1. The maximum absolute atomic E-state index is 15.6. The first kappa shape index (κ1) is 58.7. The van der Waals surface area contributed by atoms with Crippen LogP contribution in [0, 0.1) is 17.0 Å². The van der Waals surface area contributed by atoms with Crippen molar-refractivity contribution in [2.45, 2.75) is 64.7 Å². The van der Waals surface area contributed by atoms with E-state index in [1.165, 1.54) is 37.4 Å². The van der Waals surface area contributed by atoms with Crippen molar-refractivity contribution in [3.05, 3.63) is 132 Å². The normalized spacial score (nSPS) is 13.6. The summed E-state index contributed by atoms with van der Waals surface area (Å²) < 4.78 is 53.7. The van der Waals surface area contributed by atoms with Crippen LogP contribution in [0.2, 0.25) is 0 Å². The van der Waals surface area contributed by atoms with Gasteiger partial charge in [-0.3, -0.25) is 34.0 Å². The van der Waals surface area contributed by atoms with Crippen LogP contribution in [0.15, 0.2) is 110 Å². The Bertz CT molecular complexity index is 3430. The van der Waals surface area contributed by atoms with Gasteiger partial charge in [-0.15, -0.1) is 0 Å². The molecule has 434 valence electrons. The van der Waals surface area contributed by atoms with Crippen LogP contribution < -0.4 is 46.5 Å². The van der Waals surface area contributed by atoms with Crippen LogP contribution in [0.5, 0.6) is 28.7 Å². The first-order valence-corrected chi connectivity index (χ1v) is 27.9. The molecule has 0 bridgehead atoms. The van der Waals surface area contributed by atoms with E-state index in [9.17, 15) is 28.7 Å². The molecule has 83 heavy (non-hydrogen) atoms. The summed E-state index contributed by atoms with van der Waals surface area (Å²) in [5, 5.41) is 24.5. The summed E-state index contributed by atoms with van der Waals surface area (Å²) in [4.78, 5) is 68.1. The molecule has 8 N–H and O–H groups in total. The quantitative estimate of drug-likeness (QED) is 0.0187. The zero-order valence-corrected chi connectivity index (χ0v) is 46.5. The summed E-state index contributed by atoms with van der Waals surface area (Å²) in [6, 6.07) is 23.4. The maximum Gasteiger partial charge on any atom is 0.269 e. The average Bonchev–Trinajstić information content (AvgIpc) is 4.42. The highest BCUT2D eigenvalue weighted by atomic mass is 19.1. The minimum absolute atomic E-state index is 0.101. The summed E-state index contributed by atoms with van der Waals surface area (Å²) in [5.41, 5.74) is 10.5. The van der Waals surface area contributed by atoms with Gasteiger partial charge in [-0.1, -0.05) is 31.5 Å². The SMILES string of the molecule is CCc1c(-c2ccc(C(=O)NCCCNC(=O)CCCCCNc3cc(NC(=O)C4(C(=O)Nc5ccc(Oc6ccnc7cc(OCCCN8CCOCC8)c(OC)cc67)c(F)c5)CC4)ccc3F)nc2)cnc(N)c1-c1ccc(O)cc1. The second kappa shape index (κ2) is 27.7. The zero-order chi connectivity index (χ0) is 58.3. The lowest BCUT2D eigenvalue weighted by Crippen LogP contribution is -2.37. The number of hydrogen-bond acceptors (Lipinski definition) is 15. The highest BCUT2D eigenvalue weighted by Crippen LogP contribution is 2.48. The number of ether oxygens (including phenoxy) is 4. The Morgan fingerprint density at radius 1 is 0.735 bits per heavy atom. The molecule has 2 fully saturated rings. The number of methoxy groups -OCH3 is 1. The molecule has 9 rings (SSSR count). The minimum atomic E-state index is -1.40. The lowest BCUT2D eigenvalue weighted by atomic mass is 9.92. The molecule has 19 nitrogen and oxygen atoms in total. The number of aromatic hydroxyl groups is 1. The number of amides is 4. The number of benzene rings is 4. The predicted octanol–water partition coefficient (Wildman–Crippen LogP) is 9.66. The van der Waals surface area contributed by atoms with Gasteiger partial charge in [0, 0.05) is 110 Å². The summed E-state index contributed by atoms with van der Waals surface area (Å²) in [5.74, 6) is -1.16. The number of phenolic OH excluding ortho intramolecular Hbond substituents is 1. The van der Waals surface area contributed by atoms with Crippen molar-refractivity contribution in [2.75, 3.05) is 87.9 Å². The highest BCUT2D eigenvalue weighted by Gasteiger charge is 2.56. The summed E-state index contributed by atoms with van der Waals surface area (Å²) >= 11 is 0. The van der Waals surface area contributed by atoms with Crippen LogP contribution in [-0.4, -0.2) is 115 Å². The molecular weight excluding hydrogens is 1070 g/mol. The Kier molecular flexibility index (Phi) is 19.6. The number of fused-ring (bicyclic) bond motifs is 1. The third kappa shape index (κ3) is 15.0. The standard InChI is InChI=1S/C62H68F2N10O9/c1-3-44-46(38-71-58(65)57(44)39-10-15-43(75)16-11-39)40-12-18-49(70-37-40)59(77)69-25-7-24-68-56(76)9-5-4-6-23-66-51-34-42(13-17-47(51)63)73-61(79)62(21-22-62)60(78)72-41-14-19-53(48(64)33-41)83-52-20-26-67-50-36-55(54(80-2)35-45(50)52)82-30-8-27-74-28-31-81-32-29-74/h10-20,26,33-38,66,75H,3-9,21-25,27-32H2,1-2H3,(H2,65,71)(H,68,76)(H,69,77)(H,72,78)(H,73,79). The van der Waals surface area contributed by atoms with Crippen LogP contribution >= 0.6 is 0 Å². The van der Waals surface area contributed by atoms with Gasteiger partial charge in [0.25, 0.3) is 5.91 Å². The fourth-order valence-corrected chi connectivity index (χ4v) is 9.81. The van der Waals surface area contributed by atoms with Gasteiger partial charge in [0.2, 0.25) is 17.7 Å². The van der Waals surface area contributed by atoms with E-state index in [0.29, 0.717) is 98.7 Å². The second-order valence-corrected chi connectivity index (χ2v) is 20.4. The number of nitrogens with two attached hydrogens (primary N) is 1. The molecule has 1 saturated heterocycles. The number of carbonyl (C=O) groups excluding carboxylic acids is 4. The number of unbranched alkanes of at least 4 members (excludes halogenated alkanes) is 2. The third-order valence-electron chi connectivity index (χ3n) is 14.6. The Morgan fingerprint density at radius 2 is 1.48 bits per heavy atom. The molecule has 7 aromatic rings. The summed E-state index contributed by atoms with van der Waals surface area (Å²) in [7, 11) is 1.54. The fraction of sp³-hybridized carbons (Fsp3) is 0.339. The molecule has 1 saturated carbocycles. The van der Waals surface area contributed by atoms with Gasteiger partial charge in [-0.2, -0.15) is 0 Å². The summed E-state index contributed by atoms with van der Waals surface area (Å²) in [6.45, 7) is 7.77. The van der Waals surface area contributed by atoms with Crippen LogP contribution in [0.3, 0.4) is 0 Å². The van der Waals surface area contributed by atoms with E-state index in [0.717, 1.165) is 73.2 Å². The van der Waals surface area contributed by atoms with Gasteiger partial charge in [0.1, 0.15) is 34.2 Å². The van der Waals surface area contributed by atoms with Crippen molar-refractivity contribution in [2.24, 2.45) is 5.41 Å². The Labute approximate surface area is 479 Å². The first-order chi connectivity index (χ1) is 40.3. The van der Waals surface area contributed by atoms with E-state index in [-0.39, 0.29) is 58.9 Å². The molecule has 0 atom stereocenters. The van der Waals surface area contributed by atoms with E-state index in [2.05, 4.69) is 46.4 Å². The zero-order valence-electron chi connectivity index (χ0n) is 46.5. The number of rotatable bonds is 27. The van der Waals surface area contributed by atoms with E-state index in [4.69, 9.17) is 24.7 Å². The molecule has 1 aliphatic heterocycles. The Morgan fingerprint density at radius 3 is 2.20 bits per heavy atom. The molecule has 2 aliphatic rings.